The predicted molar refractivity (Wildman–Crippen MR) is 126 cm³/mol. The minimum Gasteiger partial charge on any atom is -0.351 e. The Hall–Kier alpha value is -0.520. The summed E-state index contributed by atoms with van der Waals surface area (Å²) in [7, 11) is -4.26. The number of allylic oxidation sites excluding steroid dienone is 2. The van der Waals surface area contributed by atoms with Crippen molar-refractivity contribution in [1.82, 2.24) is 5.32 Å². The molecule has 0 aromatic rings. The van der Waals surface area contributed by atoms with Gasteiger partial charge >= 0.3 is 8.17 Å². The van der Waals surface area contributed by atoms with Gasteiger partial charge in [0.1, 0.15) is 6.61 Å². The highest BCUT2D eigenvalue weighted by Crippen LogP contribution is 2.45. The van der Waals surface area contributed by atoms with Crippen molar-refractivity contribution in [3.05, 3.63) is 12.2 Å². The van der Waals surface area contributed by atoms with Crippen LogP contribution in [0.1, 0.15) is 111 Å². The third-order valence-corrected chi connectivity index (χ3v) is 5.74. The highest BCUT2D eigenvalue weighted by atomic mass is 31.2. The van der Waals surface area contributed by atoms with Gasteiger partial charge in [0, 0.05) is 6.42 Å². The van der Waals surface area contributed by atoms with E-state index in [0.717, 1.165) is 25.7 Å². The van der Waals surface area contributed by atoms with Gasteiger partial charge in [-0.3, -0.25) is 4.79 Å². The van der Waals surface area contributed by atoms with Gasteiger partial charge in [-0.05, 0) is 38.0 Å². The Morgan fingerprint density at radius 2 is 1.37 bits per heavy atom. The number of hydrogen-bond acceptors (Lipinski definition) is 5. The molecular weight excluding hydrogens is 401 g/mol. The minimum absolute atomic E-state index is 0.0623. The van der Waals surface area contributed by atoms with Gasteiger partial charge in [-0.1, -0.05) is 84.3 Å². The van der Waals surface area contributed by atoms with E-state index in [1.807, 2.05) is 13.8 Å². The second kappa shape index (κ2) is 19.2. The van der Waals surface area contributed by atoms with Gasteiger partial charge in [0.25, 0.3) is 0 Å². The van der Waals surface area contributed by atoms with E-state index in [1.165, 1.54) is 57.8 Å². The molecular formula is C23H47NO5P+. The van der Waals surface area contributed by atoms with Crippen molar-refractivity contribution >= 4 is 14.1 Å². The fourth-order valence-electron chi connectivity index (χ4n) is 3.22. The molecule has 7 heteroatoms. The Bertz CT molecular complexity index is 438. The van der Waals surface area contributed by atoms with Crippen LogP contribution in [-0.2, 0) is 9.32 Å². The second-order valence-electron chi connectivity index (χ2n) is 8.56. The van der Waals surface area contributed by atoms with Crippen LogP contribution in [0, 0.1) is 5.92 Å². The summed E-state index contributed by atoms with van der Waals surface area (Å²) in [4.78, 5) is 38.8. The zero-order valence-electron chi connectivity index (χ0n) is 19.5. The minimum atomic E-state index is -4.26. The first kappa shape index (κ1) is 29.5. The van der Waals surface area contributed by atoms with Gasteiger partial charge in [0.05, 0.1) is 6.04 Å². The number of rotatable bonds is 20. The normalized spacial score (nSPS) is 13.3. The lowest BCUT2D eigenvalue weighted by Gasteiger charge is -2.21. The van der Waals surface area contributed by atoms with Crippen molar-refractivity contribution in [2.45, 2.75) is 117 Å². The summed E-state index contributed by atoms with van der Waals surface area (Å²) in [5, 5.41) is 2.85. The summed E-state index contributed by atoms with van der Waals surface area (Å²) in [6, 6.07) is -0.355. The summed E-state index contributed by atoms with van der Waals surface area (Å²) in [6.07, 6.45) is 21.0. The van der Waals surface area contributed by atoms with Crippen LogP contribution >= 0.6 is 8.17 Å². The molecule has 0 aliphatic rings. The first-order valence-electron chi connectivity index (χ1n) is 11.9. The number of amides is 1. The summed E-state index contributed by atoms with van der Waals surface area (Å²) in [6.45, 7) is 5.94. The average molecular weight is 449 g/mol. The molecule has 1 atom stereocenters. The Labute approximate surface area is 185 Å². The molecule has 0 spiro atoms. The topological polar surface area (TPSA) is 99.0 Å². The van der Waals surface area contributed by atoms with E-state index in [9.17, 15) is 4.79 Å². The smallest absolute Gasteiger partial charge is 0.351 e. The van der Waals surface area contributed by atoms with Crippen LogP contribution in [0.4, 0.5) is 0 Å². The fraction of sp³-hybridized carbons (Fsp3) is 0.870. The molecule has 0 aromatic carbocycles. The molecule has 0 aromatic heterocycles. The Balaban J connectivity index is 3.60. The number of hydrogen-bond donors (Lipinski definition) is 4. The van der Waals surface area contributed by atoms with Gasteiger partial charge in [-0.2, -0.15) is 19.2 Å². The molecule has 1 unspecified atom stereocenters. The van der Waals surface area contributed by atoms with E-state index < -0.39 is 8.17 Å². The van der Waals surface area contributed by atoms with Crippen molar-refractivity contribution in [1.29, 1.82) is 0 Å². The monoisotopic (exact) mass is 448 g/mol. The van der Waals surface area contributed by atoms with E-state index in [4.69, 9.17) is 14.7 Å². The summed E-state index contributed by atoms with van der Waals surface area (Å²) < 4.78 is 4.64. The molecule has 0 radical (unpaired) electrons. The highest BCUT2D eigenvalue weighted by Gasteiger charge is 2.35. The van der Waals surface area contributed by atoms with Crippen molar-refractivity contribution in [2.75, 3.05) is 6.61 Å². The zero-order valence-corrected chi connectivity index (χ0v) is 20.4. The average Bonchev–Trinajstić information content (AvgIpc) is 2.67. The number of nitrogens with one attached hydrogen (secondary N) is 1. The molecule has 6 nitrogen and oxygen atoms in total. The van der Waals surface area contributed by atoms with Gasteiger partial charge in [0.15, 0.2) is 0 Å². The standard InChI is InChI=1S/C23H46NO5P/c1-4-5-6-7-8-9-10-11-12-13-14-15-16-17-18-19-23(25)24-22(21(2)3)20-29-30(26,27)28/h11-12,21-22,26-28H,4-10,13-20H2,1-3H3/p+1/b12-11-. The van der Waals surface area contributed by atoms with Crippen LogP contribution in [0.3, 0.4) is 0 Å². The van der Waals surface area contributed by atoms with Gasteiger partial charge in [-0.25, -0.2) is 0 Å². The number of carbonyl (C=O) groups excluding carboxylic acids is 1. The summed E-state index contributed by atoms with van der Waals surface area (Å²) in [5.41, 5.74) is 0. The maximum absolute atomic E-state index is 12.1. The molecule has 0 bridgehead atoms. The van der Waals surface area contributed by atoms with Crippen molar-refractivity contribution in [2.24, 2.45) is 5.92 Å². The molecule has 0 saturated carbocycles. The molecule has 4 N–H and O–H groups in total. The lowest BCUT2D eigenvalue weighted by atomic mass is 10.0. The van der Waals surface area contributed by atoms with Crippen LogP contribution in [0.25, 0.3) is 0 Å². The molecule has 178 valence electrons. The molecule has 1 amide bonds. The quantitative estimate of drug-likeness (QED) is 0.107. The van der Waals surface area contributed by atoms with Crippen LogP contribution in [0.5, 0.6) is 0 Å². The van der Waals surface area contributed by atoms with Crippen LogP contribution in [0.2, 0.25) is 0 Å². The predicted octanol–water partition coefficient (Wildman–Crippen LogP) is 5.84. The SMILES string of the molecule is CCCCCCCC/C=C\CCCCCCCC(=O)NC(CO[P+](O)(O)O)C(C)C. The maximum atomic E-state index is 12.1. The number of unbranched alkanes of at least 4 members (excludes halogenated alkanes) is 11. The van der Waals surface area contributed by atoms with E-state index in [1.54, 1.807) is 0 Å². The fourth-order valence-corrected chi connectivity index (χ4v) is 3.58. The first-order chi connectivity index (χ1) is 14.3. The van der Waals surface area contributed by atoms with E-state index >= 15 is 0 Å². The largest absolute Gasteiger partial charge is 0.567 e. The second-order valence-corrected chi connectivity index (χ2v) is 9.85. The zero-order chi connectivity index (χ0) is 22.7. The Morgan fingerprint density at radius 3 is 1.87 bits per heavy atom. The van der Waals surface area contributed by atoms with Gasteiger partial charge in [-0.15, -0.1) is 0 Å². The summed E-state index contributed by atoms with van der Waals surface area (Å²) >= 11 is 0. The van der Waals surface area contributed by atoms with Gasteiger partial charge < -0.3 is 5.32 Å². The first-order valence-corrected chi connectivity index (χ1v) is 13.5. The third-order valence-electron chi connectivity index (χ3n) is 5.24. The third kappa shape index (κ3) is 20.7. The van der Waals surface area contributed by atoms with E-state index in [0.29, 0.717) is 6.42 Å². The van der Waals surface area contributed by atoms with E-state index in [2.05, 4.69) is 28.9 Å². The van der Waals surface area contributed by atoms with Crippen LogP contribution < -0.4 is 5.32 Å². The lowest BCUT2D eigenvalue weighted by Crippen LogP contribution is -2.41. The Morgan fingerprint density at radius 1 is 0.867 bits per heavy atom. The van der Waals surface area contributed by atoms with Crippen molar-refractivity contribution in [3.63, 3.8) is 0 Å². The van der Waals surface area contributed by atoms with Crippen molar-refractivity contribution < 1.29 is 24.0 Å². The van der Waals surface area contributed by atoms with Crippen LogP contribution in [-0.4, -0.2) is 33.2 Å². The maximum Gasteiger partial charge on any atom is 0.567 e. The van der Waals surface area contributed by atoms with Crippen LogP contribution in [0.15, 0.2) is 12.2 Å². The highest BCUT2D eigenvalue weighted by molar-refractivity contribution is 7.53. The van der Waals surface area contributed by atoms with Gasteiger partial charge in [0.2, 0.25) is 5.91 Å². The molecule has 0 fully saturated rings. The van der Waals surface area contributed by atoms with Crippen molar-refractivity contribution in [3.8, 4) is 0 Å². The molecule has 0 saturated heterocycles. The molecule has 30 heavy (non-hydrogen) atoms. The Kier molecular flexibility index (Phi) is 18.9. The molecule has 0 aliphatic carbocycles. The number of carbonyl (C=O) groups is 1. The summed E-state index contributed by atoms with van der Waals surface area (Å²) in [5.74, 6) is 0.00212. The molecule has 0 aliphatic heterocycles. The molecule has 0 heterocycles. The molecule has 0 rings (SSSR count). The van der Waals surface area contributed by atoms with E-state index in [-0.39, 0.29) is 24.5 Å². The lowest BCUT2D eigenvalue weighted by molar-refractivity contribution is -0.122.